The van der Waals surface area contributed by atoms with Crippen molar-refractivity contribution in [2.45, 2.75) is 39.0 Å². The van der Waals surface area contributed by atoms with Crippen LogP contribution in [0.5, 0.6) is 0 Å². The number of H-pyrrole nitrogens is 1. The maximum atomic E-state index is 12.5. The number of rotatable bonds is 4. The van der Waals surface area contributed by atoms with Gasteiger partial charge < -0.3 is 10.1 Å². The van der Waals surface area contributed by atoms with E-state index < -0.39 is 0 Å². The summed E-state index contributed by atoms with van der Waals surface area (Å²) in [7, 11) is 0. The van der Waals surface area contributed by atoms with E-state index in [1.54, 1.807) is 24.3 Å². The van der Waals surface area contributed by atoms with E-state index in [-0.39, 0.29) is 35.4 Å². The van der Waals surface area contributed by atoms with Gasteiger partial charge in [0.2, 0.25) is 0 Å². The van der Waals surface area contributed by atoms with Crippen LogP contribution in [0.2, 0.25) is 0 Å². The molecular formula is C18H24N4O3. The Bertz CT molecular complexity index is 809. The Morgan fingerprint density at radius 3 is 2.64 bits per heavy atom. The van der Waals surface area contributed by atoms with Crippen molar-refractivity contribution in [3.8, 4) is 0 Å². The summed E-state index contributed by atoms with van der Waals surface area (Å²) in [5, 5.41) is 10.3. The third-order valence-corrected chi connectivity index (χ3v) is 4.54. The normalized spacial score (nSPS) is 22.7. The summed E-state index contributed by atoms with van der Waals surface area (Å²) in [5.74, 6) is -0.284. The van der Waals surface area contributed by atoms with Gasteiger partial charge in [0.15, 0.2) is 5.69 Å². The number of amides is 1. The first kappa shape index (κ1) is 17.6. The fourth-order valence-electron chi connectivity index (χ4n) is 3.32. The number of ether oxygens (including phenoxy) is 1. The number of carbonyl (C=O) groups excluding carboxylic acids is 1. The molecule has 3 rings (SSSR count). The van der Waals surface area contributed by atoms with Crippen molar-refractivity contribution in [1.82, 2.24) is 20.4 Å². The Hall–Kier alpha value is -2.25. The van der Waals surface area contributed by atoms with Gasteiger partial charge in [0, 0.05) is 31.1 Å². The first-order chi connectivity index (χ1) is 12.0. The number of fused-ring (bicyclic) bond motifs is 1. The van der Waals surface area contributed by atoms with Crippen LogP contribution in [0.15, 0.2) is 29.1 Å². The average Bonchev–Trinajstić information content (AvgIpc) is 2.59. The molecule has 0 aliphatic carbocycles. The molecule has 1 saturated heterocycles. The van der Waals surface area contributed by atoms with E-state index in [4.69, 9.17) is 4.74 Å². The van der Waals surface area contributed by atoms with Crippen molar-refractivity contribution in [2.75, 3.05) is 19.6 Å². The zero-order valence-corrected chi connectivity index (χ0v) is 14.8. The minimum atomic E-state index is -0.295. The molecule has 134 valence electrons. The van der Waals surface area contributed by atoms with Crippen LogP contribution in [0, 0.1) is 0 Å². The van der Waals surface area contributed by atoms with E-state index in [9.17, 15) is 9.59 Å². The Morgan fingerprint density at radius 2 is 1.96 bits per heavy atom. The highest BCUT2D eigenvalue weighted by Crippen LogP contribution is 2.14. The summed E-state index contributed by atoms with van der Waals surface area (Å²) >= 11 is 0. The molecular weight excluding hydrogens is 320 g/mol. The van der Waals surface area contributed by atoms with Crippen molar-refractivity contribution >= 4 is 16.7 Å². The Morgan fingerprint density at radius 1 is 1.32 bits per heavy atom. The molecule has 1 aromatic heterocycles. The van der Waals surface area contributed by atoms with Crippen LogP contribution in [-0.2, 0) is 4.74 Å². The molecule has 1 fully saturated rings. The van der Waals surface area contributed by atoms with Crippen LogP contribution in [0.3, 0.4) is 0 Å². The molecule has 1 aliphatic heterocycles. The standard InChI is InChI=1S/C18H24N4O3/c1-11(22-9-12(2)25-13(3)10-22)8-19-18(24)16-14-6-4-5-7-15(14)17(23)21-20-16/h4-7,11-13H,8-10H2,1-3H3,(H,19,24)(H,21,23). The van der Waals surface area contributed by atoms with Gasteiger partial charge in [-0.1, -0.05) is 18.2 Å². The average molecular weight is 344 g/mol. The molecule has 2 N–H and O–H groups in total. The van der Waals surface area contributed by atoms with E-state index in [1.165, 1.54) is 0 Å². The molecule has 3 unspecified atom stereocenters. The van der Waals surface area contributed by atoms with Crippen LogP contribution in [-0.4, -0.2) is 58.9 Å². The van der Waals surface area contributed by atoms with Gasteiger partial charge in [-0.2, -0.15) is 5.10 Å². The molecule has 1 aliphatic rings. The van der Waals surface area contributed by atoms with Gasteiger partial charge in [-0.05, 0) is 26.8 Å². The fourth-order valence-corrected chi connectivity index (χ4v) is 3.32. The Kier molecular flexibility index (Phi) is 5.15. The second-order valence-corrected chi connectivity index (χ2v) is 6.72. The van der Waals surface area contributed by atoms with E-state index in [0.29, 0.717) is 17.3 Å². The molecule has 3 atom stereocenters. The molecule has 1 amide bonds. The predicted octanol–water partition coefficient (Wildman–Crippen LogP) is 1.15. The van der Waals surface area contributed by atoms with Gasteiger partial charge in [0.05, 0.1) is 17.6 Å². The number of hydrogen-bond donors (Lipinski definition) is 2. The van der Waals surface area contributed by atoms with Crippen molar-refractivity contribution in [3.05, 3.63) is 40.3 Å². The quantitative estimate of drug-likeness (QED) is 0.869. The van der Waals surface area contributed by atoms with Crippen molar-refractivity contribution < 1.29 is 9.53 Å². The molecule has 0 saturated carbocycles. The Balaban J connectivity index is 1.69. The number of hydrogen-bond acceptors (Lipinski definition) is 5. The van der Waals surface area contributed by atoms with E-state index in [1.807, 2.05) is 0 Å². The number of nitrogens with one attached hydrogen (secondary N) is 2. The molecule has 0 spiro atoms. The van der Waals surface area contributed by atoms with Gasteiger partial charge in [0.1, 0.15) is 0 Å². The number of carbonyl (C=O) groups is 1. The lowest BCUT2D eigenvalue weighted by molar-refractivity contribution is -0.0778. The van der Waals surface area contributed by atoms with Crippen LogP contribution in [0.4, 0.5) is 0 Å². The lowest BCUT2D eigenvalue weighted by Gasteiger charge is -2.38. The van der Waals surface area contributed by atoms with Crippen LogP contribution in [0.1, 0.15) is 31.3 Å². The highest BCUT2D eigenvalue weighted by Gasteiger charge is 2.26. The lowest BCUT2D eigenvalue weighted by Crippen LogP contribution is -2.52. The summed E-state index contributed by atoms with van der Waals surface area (Å²) in [5.41, 5.74) is -0.0528. The monoisotopic (exact) mass is 344 g/mol. The molecule has 25 heavy (non-hydrogen) atoms. The maximum Gasteiger partial charge on any atom is 0.272 e. The third-order valence-electron chi connectivity index (χ3n) is 4.54. The Labute approximate surface area is 146 Å². The van der Waals surface area contributed by atoms with E-state index in [2.05, 4.69) is 41.2 Å². The molecule has 2 aromatic rings. The van der Waals surface area contributed by atoms with Gasteiger partial charge in [-0.25, -0.2) is 5.10 Å². The first-order valence-corrected chi connectivity index (χ1v) is 8.61. The number of benzene rings is 1. The van der Waals surface area contributed by atoms with Gasteiger partial charge in [0.25, 0.3) is 11.5 Å². The summed E-state index contributed by atoms with van der Waals surface area (Å²) in [4.78, 5) is 26.7. The predicted molar refractivity (Wildman–Crippen MR) is 95.7 cm³/mol. The summed E-state index contributed by atoms with van der Waals surface area (Å²) in [6.45, 7) is 8.41. The number of aromatic amines is 1. The highest BCUT2D eigenvalue weighted by atomic mass is 16.5. The summed E-state index contributed by atoms with van der Waals surface area (Å²) in [6, 6.07) is 7.17. The summed E-state index contributed by atoms with van der Waals surface area (Å²) in [6.07, 6.45) is 0.374. The molecule has 0 radical (unpaired) electrons. The lowest BCUT2D eigenvalue weighted by atomic mass is 10.1. The third kappa shape index (κ3) is 3.88. The number of nitrogens with zero attached hydrogens (tertiary/aromatic N) is 2. The summed E-state index contributed by atoms with van der Waals surface area (Å²) < 4.78 is 5.75. The molecule has 2 heterocycles. The smallest absolute Gasteiger partial charge is 0.272 e. The van der Waals surface area contributed by atoms with Gasteiger partial charge in [-0.3, -0.25) is 14.5 Å². The van der Waals surface area contributed by atoms with Crippen molar-refractivity contribution in [3.63, 3.8) is 0 Å². The number of aromatic nitrogens is 2. The van der Waals surface area contributed by atoms with Gasteiger partial charge in [-0.15, -0.1) is 0 Å². The second kappa shape index (κ2) is 7.33. The van der Waals surface area contributed by atoms with Crippen molar-refractivity contribution in [1.29, 1.82) is 0 Å². The molecule has 1 aromatic carbocycles. The zero-order valence-electron chi connectivity index (χ0n) is 14.8. The first-order valence-electron chi connectivity index (χ1n) is 8.61. The highest BCUT2D eigenvalue weighted by molar-refractivity contribution is 6.04. The molecule has 7 nitrogen and oxygen atoms in total. The SMILES string of the molecule is CC1CN(C(C)CNC(=O)c2n[nH]c(=O)c3ccccc23)CC(C)O1. The minimum Gasteiger partial charge on any atom is -0.373 e. The van der Waals surface area contributed by atoms with Crippen LogP contribution in [0.25, 0.3) is 10.8 Å². The van der Waals surface area contributed by atoms with Crippen LogP contribution < -0.4 is 10.9 Å². The molecule has 0 bridgehead atoms. The van der Waals surface area contributed by atoms with E-state index in [0.717, 1.165) is 13.1 Å². The second-order valence-electron chi connectivity index (χ2n) is 6.72. The van der Waals surface area contributed by atoms with E-state index >= 15 is 0 Å². The zero-order chi connectivity index (χ0) is 18.0. The molecule has 7 heteroatoms. The maximum absolute atomic E-state index is 12.5. The topological polar surface area (TPSA) is 87.3 Å². The van der Waals surface area contributed by atoms with Gasteiger partial charge >= 0.3 is 0 Å². The fraction of sp³-hybridized carbons (Fsp3) is 0.500. The minimum absolute atomic E-state index is 0.187. The van der Waals surface area contributed by atoms with Crippen molar-refractivity contribution in [2.24, 2.45) is 0 Å². The van der Waals surface area contributed by atoms with Crippen LogP contribution >= 0.6 is 0 Å². The number of morpholine rings is 1. The largest absolute Gasteiger partial charge is 0.373 e.